The van der Waals surface area contributed by atoms with Gasteiger partial charge in [0.1, 0.15) is 0 Å². The summed E-state index contributed by atoms with van der Waals surface area (Å²) in [5, 5.41) is 14.4. The molecule has 0 unspecified atom stereocenters. The zero-order chi connectivity index (χ0) is 16.2. The predicted octanol–water partition coefficient (Wildman–Crippen LogP) is 2.69. The molecule has 0 saturated carbocycles. The van der Waals surface area contributed by atoms with Gasteiger partial charge in [0.25, 0.3) is 5.91 Å². The van der Waals surface area contributed by atoms with Crippen LogP contribution in [0.15, 0.2) is 48.5 Å². The van der Waals surface area contributed by atoms with E-state index in [1.807, 2.05) is 36.4 Å². The third kappa shape index (κ3) is 3.11. The van der Waals surface area contributed by atoms with E-state index in [4.69, 9.17) is 0 Å². The molecule has 0 fully saturated rings. The van der Waals surface area contributed by atoms with Crippen LogP contribution in [0.5, 0.6) is 0 Å². The molecule has 1 amide bonds. The summed E-state index contributed by atoms with van der Waals surface area (Å²) in [7, 11) is 1.76. The Hall–Kier alpha value is -3.02. The van der Waals surface area contributed by atoms with Crippen LogP contribution in [0.25, 0.3) is 11.4 Å². The van der Waals surface area contributed by atoms with Gasteiger partial charge in [-0.15, -0.1) is 5.10 Å². The molecule has 3 rings (SSSR count). The van der Waals surface area contributed by atoms with Gasteiger partial charge in [0.2, 0.25) is 0 Å². The molecule has 0 radical (unpaired) electrons. The Morgan fingerprint density at radius 3 is 2.74 bits per heavy atom. The topological polar surface area (TPSA) is 72.7 Å². The molecular weight excluding hydrogens is 290 g/mol. The average molecular weight is 307 g/mol. The molecule has 3 aromatic rings. The molecule has 6 heteroatoms. The lowest BCUT2D eigenvalue weighted by Gasteiger charge is -2.10. The molecule has 1 aromatic heterocycles. The van der Waals surface area contributed by atoms with Crippen LogP contribution in [0.2, 0.25) is 0 Å². The first kappa shape index (κ1) is 14.9. The molecule has 1 heterocycles. The van der Waals surface area contributed by atoms with Gasteiger partial charge in [-0.25, -0.2) is 4.68 Å². The Balaban J connectivity index is 1.87. The summed E-state index contributed by atoms with van der Waals surface area (Å²) in [6.07, 6.45) is 0.862. The number of para-hydroxylation sites is 1. The number of hydrogen-bond acceptors (Lipinski definition) is 4. The molecular formula is C17H17N5O. The van der Waals surface area contributed by atoms with Crippen molar-refractivity contribution in [3.8, 4) is 11.4 Å². The van der Waals surface area contributed by atoms with Gasteiger partial charge in [-0.2, -0.15) is 0 Å². The number of rotatable bonds is 4. The van der Waals surface area contributed by atoms with Gasteiger partial charge in [0, 0.05) is 23.9 Å². The van der Waals surface area contributed by atoms with E-state index in [1.54, 1.807) is 23.9 Å². The smallest absolute Gasteiger partial charge is 0.255 e. The predicted molar refractivity (Wildman–Crippen MR) is 88.0 cm³/mol. The molecule has 0 aliphatic carbocycles. The second kappa shape index (κ2) is 6.39. The van der Waals surface area contributed by atoms with Gasteiger partial charge in [-0.05, 0) is 40.6 Å². The fourth-order valence-electron chi connectivity index (χ4n) is 2.42. The zero-order valence-electron chi connectivity index (χ0n) is 13.0. The highest BCUT2D eigenvalue weighted by molar-refractivity contribution is 6.05. The normalized spacial score (nSPS) is 10.5. The van der Waals surface area contributed by atoms with Crippen LogP contribution < -0.4 is 5.32 Å². The van der Waals surface area contributed by atoms with Gasteiger partial charge in [0.05, 0.1) is 0 Å². The standard InChI is InChI=1S/C17H17N5O/c1-3-12-7-4-5-10-15(12)18-17(23)14-9-6-8-13(11-14)16-19-20-21-22(16)2/h4-11H,3H2,1-2H3,(H,18,23). The summed E-state index contributed by atoms with van der Waals surface area (Å²) in [6, 6.07) is 15.1. The van der Waals surface area contributed by atoms with E-state index in [0.717, 1.165) is 23.2 Å². The fraction of sp³-hybridized carbons (Fsp3) is 0.176. The van der Waals surface area contributed by atoms with Crippen molar-refractivity contribution in [2.24, 2.45) is 7.05 Å². The summed E-state index contributed by atoms with van der Waals surface area (Å²) in [4.78, 5) is 12.5. The van der Waals surface area contributed by atoms with Crippen molar-refractivity contribution in [2.45, 2.75) is 13.3 Å². The van der Waals surface area contributed by atoms with Crippen LogP contribution in [-0.4, -0.2) is 26.1 Å². The molecule has 23 heavy (non-hydrogen) atoms. The van der Waals surface area contributed by atoms with Crippen LogP contribution in [0, 0.1) is 0 Å². The van der Waals surface area contributed by atoms with Gasteiger partial charge in [-0.1, -0.05) is 37.3 Å². The molecule has 0 atom stereocenters. The lowest BCUT2D eigenvalue weighted by Crippen LogP contribution is -2.13. The molecule has 6 nitrogen and oxygen atoms in total. The number of anilines is 1. The first-order valence-electron chi connectivity index (χ1n) is 7.41. The maximum Gasteiger partial charge on any atom is 0.255 e. The fourth-order valence-corrected chi connectivity index (χ4v) is 2.42. The maximum atomic E-state index is 12.5. The summed E-state index contributed by atoms with van der Waals surface area (Å²) >= 11 is 0. The average Bonchev–Trinajstić information content (AvgIpc) is 3.01. The van der Waals surface area contributed by atoms with E-state index < -0.39 is 0 Å². The van der Waals surface area contributed by atoms with E-state index in [0.29, 0.717) is 11.4 Å². The van der Waals surface area contributed by atoms with Gasteiger partial charge >= 0.3 is 0 Å². The number of nitrogens with one attached hydrogen (secondary N) is 1. The van der Waals surface area contributed by atoms with E-state index in [1.165, 1.54) is 0 Å². The molecule has 2 aromatic carbocycles. The lowest BCUT2D eigenvalue weighted by atomic mass is 10.1. The quantitative estimate of drug-likeness (QED) is 0.804. The van der Waals surface area contributed by atoms with E-state index >= 15 is 0 Å². The first-order chi connectivity index (χ1) is 11.2. The van der Waals surface area contributed by atoms with Gasteiger partial charge in [-0.3, -0.25) is 4.79 Å². The molecule has 0 bridgehead atoms. The number of benzene rings is 2. The molecule has 0 aliphatic heterocycles. The first-order valence-corrected chi connectivity index (χ1v) is 7.41. The number of carbonyl (C=O) groups excluding carboxylic acids is 1. The number of tetrazole rings is 1. The van der Waals surface area contributed by atoms with Crippen molar-refractivity contribution < 1.29 is 4.79 Å². The van der Waals surface area contributed by atoms with Crippen LogP contribution in [0.1, 0.15) is 22.8 Å². The third-order valence-electron chi connectivity index (χ3n) is 3.65. The largest absolute Gasteiger partial charge is 0.322 e. The molecule has 0 saturated heterocycles. The van der Waals surface area contributed by atoms with Crippen molar-refractivity contribution in [1.29, 1.82) is 0 Å². The lowest BCUT2D eigenvalue weighted by molar-refractivity contribution is 0.102. The number of aryl methyl sites for hydroxylation is 2. The van der Waals surface area contributed by atoms with Gasteiger partial charge < -0.3 is 5.32 Å². The zero-order valence-corrected chi connectivity index (χ0v) is 13.0. The monoisotopic (exact) mass is 307 g/mol. The second-order valence-corrected chi connectivity index (χ2v) is 5.17. The number of amides is 1. The van der Waals surface area contributed by atoms with E-state index in [9.17, 15) is 4.79 Å². The van der Waals surface area contributed by atoms with Crippen molar-refractivity contribution in [2.75, 3.05) is 5.32 Å². The highest BCUT2D eigenvalue weighted by atomic mass is 16.1. The van der Waals surface area contributed by atoms with Crippen LogP contribution in [0.3, 0.4) is 0 Å². The second-order valence-electron chi connectivity index (χ2n) is 5.17. The minimum atomic E-state index is -0.150. The summed E-state index contributed by atoms with van der Waals surface area (Å²) in [5.41, 5.74) is 3.31. The highest BCUT2D eigenvalue weighted by Gasteiger charge is 2.11. The maximum absolute atomic E-state index is 12.5. The Bertz CT molecular complexity index is 840. The van der Waals surface area contributed by atoms with Crippen LogP contribution in [0.4, 0.5) is 5.69 Å². The van der Waals surface area contributed by atoms with Gasteiger partial charge in [0.15, 0.2) is 5.82 Å². The van der Waals surface area contributed by atoms with Crippen molar-refractivity contribution in [3.05, 3.63) is 59.7 Å². The van der Waals surface area contributed by atoms with E-state index in [-0.39, 0.29) is 5.91 Å². The van der Waals surface area contributed by atoms with Crippen molar-refractivity contribution in [1.82, 2.24) is 20.2 Å². The number of aromatic nitrogens is 4. The third-order valence-corrected chi connectivity index (χ3v) is 3.65. The SMILES string of the molecule is CCc1ccccc1NC(=O)c1cccc(-c2nnnn2C)c1. The van der Waals surface area contributed by atoms with Crippen molar-refractivity contribution in [3.63, 3.8) is 0 Å². The Morgan fingerprint density at radius 2 is 2.00 bits per heavy atom. The Morgan fingerprint density at radius 1 is 1.17 bits per heavy atom. The summed E-state index contributed by atoms with van der Waals surface area (Å²) in [5.74, 6) is 0.469. The molecule has 1 N–H and O–H groups in total. The minimum absolute atomic E-state index is 0.150. The van der Waals surface area contributed by atoms with Crippen LogP contribution >= 0.6 is 0 Å². The molecule has 0 spiro atoms. The molecule has 0 aliphatic rings. The summed E-state index contributed by atoms with van der Waals surface area (Å²) in [6.45, 7) is 2.06. The number of hydrogen-bond donors (Lipinski definition) is 1. The minimum Gasteiger partial charge on any atom is -0.322 e. The highest BCUT2D eigenvalue weighted by Crippen LogP contribution is 2.19. The molecule has 116 valence electrons. The Labute approximate surface area is 134 Å². The number of carbonyl (C=O) groups is 1. The summed E-state index contributed by atoms with van der Waals surface area (Å²) < 4.78 is 1.57. The van der Waals surface area contributed by atoms with Crippen molar-refractivity contribution >= 4 is 11.6 Å². The Kier molecular flexibility index (Phi) is 4.14. The van der Waals surface area contributed by atoms with Crippen LogP contribution in [-0.2, 0) is 13.5 Å². The number of nitrogens with zero attached hydrogens (tertiary/aromatic N) is 4. The van der Waals surface area contributed by atoms with E-state index in [2.05, 4.69) is 27.8 Å².